The maximum atomic E-state index is 4.36. The zero-order chi connectivity index (χ0) is 11.2. The van der Waals surface area contributed by atoms with E-state index in [0.717, 1.165) is 17.9 Å². The molecule has 1 aromatic carbocycles. The van der Waals surface area contributed by atoms with Crippen molar-refractivity contribution in [3.8, 4) is 5.69 Å². The molecule has 0 fully saturated rings. The van der Waals surface area contributed by atoms with Crippen molar-refractivity contribution < 1.29 is 0 Å². The average molecular weight is 214 g/mol. The molecular weight excluding hydrogens is 200 g/mol. The van der Waals surface area contributed by atoms with E-state index in [4.69, 9.17) is 0 Å². The Bertz CT molecular complexity index is 447. The van der Waals surface area contributed by atoms with Crippen molar-refractivity contribution in [2.24, 2.45) is 0 Å². The highest BCUT2D eigenvalue weighted by atomic mass is 15.5. The Labute approximate surface area is 94.6 Å². The molecule has 0 aliphatic carbocycles. The Morgan fingerprint density at radius 2 is 2.12 bits per heavy atom. The second-order valence-electron chi connectivity index (χ2n) is 3.38. The molecule has 0 aliphatic rings. The number of aromatic nitrogens is 3. The number of hydrogen-bond donors (Lipinski definition) is 1. The van der Waals surface area contributed by atoms with Crippen molar-refractivity contribution in [1.29, 1.82) is 0 Å². The molecule has 0 spiro atoms. The lowest BCUT2D eigenvalue weighted by Gasteiger charge is -1.98. The summed E-state index contributed by atoms with van der Waals surface area (Å²) in [6.45, 7) is 5.12. The Balaban J connectivity index is 2.05. The van der Waals surface area contributed by atoms with Crippen LogP contribution in [-0.4, -0.2) is 21.5 Å². The molecule has 2 rings (SSSR count). The van der Waals surface area contributed by atoms with Gasteiger partial charge in [0.2, 0.25) is 0 Å². The van der Waals surface area contributed by atoms with Gasteiger partial charge in [-0.2, -0.15) is 15.0 Å². The second-order valence-corrected chi connectivity index (χ2v) is 3.38. The molecule has 0 bridgehead atoms. The van der Waals surface area contributed by atoms with E-state index in [-0.39, 0.29) is 0 Å². The van der Waals surface area contributed by atoms with Gasteiger partial charge in [-0.15, -0.1) is 6.58 Å². The van der Waals surface area contributed by atoms with Crippen LogP contribution >= 0.6 is 0 Å². The lowest BCUT2D eigenvalue weighted by Crippen LogP contribution is -2.13. The summed E-state index contributed by atoms with van der Waals surface area (Å²) in [6, 6.07) is 9.85. The molecule has 0 unspecified atom stereocenters. The summed E-state index contributed by atoms with van der Waals surface area (Å²) in [5.41, 5.74) is 1.89. The maximum absolute atomic E-state index is 4.36. The molecule has 4 heteroatoms. The quantitative estimate of drug-likeness (QED) is 0.606. The van der Waals surface area contributed by atoms with E-state index in [2.05, 4.69) is 22.1 Å². The van der Waals surface area contributed by atoms with Gasteiger partial charge in [-0.3, -0.25) is 0 Å². The third-order valence-electron chi connectivity index (χ3n) is 2.12. The van der Waals surface area contributed by atoms with Crippen molar-refractivity contribution in [3.63, 3.8) is 0 Å². The van der Waals surface area contributed by atoms with E-state index >= 15 is 0 Å². The molecule has 82 valence electrons. The highest BCUT2D eigenvalue weighted by Gasteiger charge is 2.00. The summed E-state index contributed by atoms with van der Waals surface area (Å²) in [5.74, 6) is 0. The second kappa shape index (κ2) is 5.23. The number of nitrogens with zero attached hydrogens (tertiary/aromatic N) is 3. The number of para-hydroxylation sites is 1. The van der Waals surface area contributed by atoms with Crippen LogP contribution in [-0.2, 0) is 6.54 Å². The summed E-state index contributed by atoms with van der Waals surface area (Å²) in [6.07, 6.45) is 3.59. The van der Waals surface area contributed by atoms with E-state index in [1.807, 2.05) is 36.4 Å². The highest BCUT2D eigenvalue weighted by Crippen LogP contribution is 2.03. The van der Waals surface area contributed by atoms with Crippen molar-refractivity contribution in [3.05, 3.63) is 54.9 Å². The molecule has 4 nitrogen and oxygen atoms in total. The van der Waals surface area contributed by atoms with Crippen molar-refractivity contribution >= 4 is 0 Å². The summed E-state index contributed by atoms with van der Waals surface area (Å²) >= 11 is 0. The fourth-order valence-corrected chi connectivity index (χ4v) is 1.36. The third kappa shape index (κ3) is 2.55. The van der Waals surface area contributed by atoms with Gasteiger partial charge >= 0.3 is 0 Å². The van der Waals surface area contributed by atoms with Gasteiger partial charge in [-0.1, -0.05) is 24.3 Å². The maximum Gasteiger partial charge on any atom is 0.0969 e. The van der Waals surface area contributed by atoms with E-state index in [9.17, 15) is 0 Å². The molecule has 1 N–H and O–H groups in total. The van der Waals surface area contributed by atoms with Crippen LogP contribution < -0.4 is 5.32 Å². The molecule has 0 amide bonds. The van der Waals surface area contributed by atoms with Crippen LogP contribution in [0.4, 0.5) is 0 Å². The van der Waals surface area contributed by atoms with Gasteiger partial charge in [0.25, 0.3) is 0 Å². The van der Waals surface area contributed by atoms with Crippen LogP contribution in [0.2, 0.25) is 0 Å². The monoisotopic (exact) mass is 214 g/mol. The van der Waals surface area contributed by atoms with Gasteiger partial charge in [0.05, 0.1) is 17.6 Å². The predicted molar refractivity (Wildman–Crippen MR) is 63.3 cm³/mol. The van der Waals surface area contributed by atoms with Crippen molar-refractivity contribution in [2.75, 3.05) is 6.54 Å². The third-order valence-corrected chi connectivity index (χ3v) is 2.12. The normalized spacial score (nSPS) is 10.2. The topological polar surface area (TPSA) is 42.7 Å². The molecule has 0 atom stereocenters. The van der Waals surface area contributed by atoms with Gasteiger partial charge in [-0.05, 0) is 12.1 Å². The minimum atomic E-state index is 0.707. The van der Waals surface area contributed by atoms with Crippen LogP contribution in [0.25, 0.3) is 5.69 Å². The van der Waals surface area contributed by atoms with E-state index in [1.165, 1.54) is 0 Å². The summed E-state index contributed by atoms with van der Waals surface area (Å²) < 4.78 is 0. The largest absolute Gasteiger partial charge is 0.308 e. The smallest absolute Gasteiger partial charge is 0.0969 e. The van der Waals surface area contributed by atoms with Gasteiger partial charge in [0.15, 0.2) is 0 Å². The number of nitrogens with one attached hydrogen (secondary N) is 1. The lowest BCUT2D eigenvalue weighted by atomic mass is 10.3. The Kier molecular flexibility index (Phi) is 3.46. The standard InChI is InChI=1S/C12H14N4/c1-2-8-13-9-11-10-14-16(15-11)12-6-4-3-5-7-12/h2-7,10,13H,1,8-9H2. The molecule has 0 aliphatic heterocycles. The first-order valence-corrected chi connectivity index (χ1v) is 5.18. The van der Waals surface area contributed by atoms with Crippen molar-refractivity contribution in [2.45, 2.75) is 6.54 Å². The fraction of sp³-hybridized carbons (Fsp3) is 0.167. The van der Waals surface area contributed by atoms with E-state index in [1.54, 1.807) is 11.0 Å². The average Bonchev–Trinajstić information content (AvgIpc) is 2.79. The molecule has 1 heterocycles. The van der Waals surface area contributed by atoms with Gasteiger partial charge in [0.1, 0.15) is 0 Å². The fourth-order valence-electron chi connectivity index (χ4n) is 1.36. The zero-order valence-corrected chi connectivity index (χ0v) is 9.00. The molecule has 16 heavy (non-hydrogen) atoms. The van der Waals surface area contributed by atoms with Crippen LogP contribution in [0.3, 0.4) is 0 Å². The van der Waals surface area contributed by atoms with E-state index < -0.39 is 0 Å². The van der Waals surface area contributed by atoms with Crippen LogP contribution in [0.1, 0.15) is 5.69 Å². The molecule has 2 aromatic rings. The Hall–Kier alpha value is -1.94. The first kappa shape index (κ1) is 10.6. The van der Waals surface area contributed by atoms with Crippen LogP contribution in [0, 0.1) is 0 Å². The summed E-state index contributed by atoms with van der Waals surface area (Å²) in [4.78, 5) is 1.63. The van der Waals surface area contributed by atoms with Gasteiger partial charge < -0.3 is 5.32 Å². The van der Waals surface area contributed by atoms with Gasteiger partial charge in [0, 0.05) is 13.1 Å². The SMILES string of the molecule is C=CCNCc1cnn(-c2ccccc2)n1. The summed E-state index contributed by atoms with van der Waals surface area (Å²) in [5, 5.41) is 11.7. The molecule has 0 radical (unpaired) electrons. The number of hydrogen-bond acceptors (Lipinski definition) is 3. The van der Waals surface area contributed by atoms with E-state index in [0.29, 0.717) is 6.54 Å². The number of rotatable bonds is 5. The Morgan fingerprint density at radius 3 is 2.88 bits per heavy atom. The number of benzene rings is 1. The highest BCUT2D eigenvalue weighted by molar-refractivity contribution is 5.28. The minimum absolute atomic E-state index is 0.707. The molecule has 0 saturated heterocycles. The molecule has 0 saturated carbocycles. The molecular formula is C12H14N4. The van der Waals surface area contributed by atoms with Gasteiger partial charge in [-0.25, -0.2) is 0 Å². The molecule has 1 aromatic heterocycles. The minimum Gasteiger partial charge on any atom is -0.308 e. The van der Waals surface area contributed by atoms with Crippen molar-refractivity contribution in [1.82, 2.24) is 20.3 Å². The first-order chi connectivity index (χ1) is 7.90. The van der Waals surface area contributed by atoms with Crippen LogP contribution in [0.15, 0.2) is 49.2 Å². The first-order valence-electron chi connectivity index (χ1n) is 5.18. The summed E-state index contributed by atoms with van der Waals surface area (Å²) in [7, 11) is 0. The lowest BCUT2D eigenvalue weighted by molar-refractivity contribution is 0.699. The van der Waals surface area contributed by atoms with Crippen LogP contribution in [0.5, 0.6) is 0 Å². The Morgan fingerprint density at radius 1 is 1.31 bits per heavy atom. The zero-order valence-electron chi connectivity index (χ0n) is 9.00. The predicted octanol–water partition coefficient (Wildman–Crippen LogP) is 1.54.